The van der Waals surface area contributed by atoms with Gasteiger partial charge in [0.05, 0.1) is 20.3 Å². The summed E-state index contributed by atoms with van der Waals surface area (Å²) in [5.74, 6) is 0.664. The molecule has 0 aliphatic carbocycles. The predicted octanol–water partition coefficient (Wildman–Crippen LogP) is 0.792. The highest BCUT2D eigenvalue weighted by Gasteiger charge is 2.09. The van der Waals surface area contributed by atoms with E-state index in [-0.39, 0.29) is 19.1 Å². The molecule has 0 heterocycles. The molecule has 0 saturated carbocycles. The second kappa shape index (κ2) is 9.12. The van der Waals surface area contributed by atoms with E-state index in [1.54, 1.807) is 13.2 Å². The zero-order valence-corrected chi connectivity index (χ0v) is 11.8. The zero-order chi connectivity index (χ0) is 14.8. The molecule has 20 heavy (non-hydrogen) atoms. The van der Waals surface area contributed by atoms with Crippen LogP contribution < -0.4 is 10.1 Å². The van der Waals surface area contributed by atoms with E-state index in [1.165, 1.54) is 0 Å². The largest absolute Gasteiger partial charge is 0.496 e. The van der Waals surface area contributed by atoms with Crippen LogP contribution >= 0.6 is 0 Å². The Kier molecular flexibility index (Phi) is 7.39. The molecule has 0 unspecified atom stereocenters. The number of nitrogens with zero attached hydrogens (tertiary/aromatic N) is 1. The number of carbonyl (C=O) groups is 1. The van der Waals surface area contributed by atoms with Crippen LogP contribution in [0, 0.1) is 0 Å². The average Bonchev–Trinajstić information content (AvgIpc) is 2.46. The lowest BCUT2D eigenvalue weighted by Gasteiger charge is -2.19. The van der Waals surface area contributed by atoms with E-state index in [0.29, 0.717) is 19.6 Å². The van der Waals surface area contributed by atoms with Gasteiger partial charge in [0.25, 0.3) is 0 Å². The van der Waals surface area contributed by atoms with Crippen molar-refractivity contribution in [1.29, 1.82) is 0 Å². The van der Waals surface area contributed by atoms with Crippen molar-refractivity contribution in [2.24, 2.45) is 0 Å². The van der Waals surface area contributed by atoms with E-state index in [1.807, 2.05) is 29.2 Å². The molecule has 1 aromatic carbocycles. The molecule has 0 bridgehead atoms. The predicted molar refractivity (Wildman–Crippen MR) is 78.6 cm³/mol. The smallest absolute Gasteiger partial charge is 0.234 e. The molecule has 2 N–H and O–H groups in total. The van der Waals surface area contributed by atoms with Gasteiger partial charge in [-0.15, -0.1) is 6.58 Å². The SMILES string of the molecule is C=CCN(CCO)CC(=O)NCc1ccccc1OC. The lowest BCUT2D eigenvalue weighted by molar-refractivity contribution is -0.122. The summed E-state index contributed by atoms with van der Waals surface area (Å²) < 4.78 is 5.23. The van der Waals surface area contributed by atoms with Crippen molar-refractivity contribution >= 4 is 5.91 Å². The summed E-state index contributed by atoms with van der Waals surface area (Å²) in [7, 11) is 1.60. The third kappa shape index (κ3) is 5.42. The minimum Gasteiger partial charge on any atom is -0.496 e. The van der Waals surface area contributed by atoms with Crippen LogP contribution in [0.3, 0.4) is 0 Å². The number of benzene rings is 1. The summed E-state index contributed by atoms with van der Waals surface area (Å²) in [6, 6.07) is 7.56. The van der Waals surface area contributed by atoms with E-state index in [4.69, 9.17) is 9.84 Å². The molecule has 1 amide bonds. The van der Waals surface area contributed by atoms with Gasteiger partial charge in [0.1, 0.15) is 5.75 Å². The number of hydrogen-bond donors (Lipinski definition) is 2. The van der Waals surface area contributed by atoms with E-state index >= 15 is 0 Å². The number of rotatable bonds is 9. The Labute approximate surface area is 119 Å². The number of aliphatic hydroxyl groups is 1. The highest BCUT2D eigenvalue weighted by Crippen LogP contribution is 2.16. The highest BCUT2D eigenvalue weighted by atomic mass is 16.5. The van der Waals surface area contributed by atoms with Crippen LogP contribution in [0.4, 0.5) is 0 Å². The van der Waals surface area contributed by atoms with Crippen LogP contribution in [0.25, 0.3) is 0 Å². The Balaban J connectivity index is 2.47. The highest BCUT2D eigenvalue weighted by molar-refractivity contribution is 5.78. The van der Waals surface area contributed by atoms with Crippen LogP contribution in [-0.4, -0.2) is 49.3 Å². The van der Waals surface area contributed by atoms with E-state index < -0.39 is 0 Å². The molecule has 5 heteroatoms. The third-order valence-electron chi connectivity index (χ3n) is 2.84. The maximum Gasteiger partial charge on any atom is 0.234 e. The Hall–Kier alpha value is -1.85. The maximum absolute atomic E-state index is 11.9. The Morgan fingerprint density at radius 2 is 2.25 bits per heavy atom. The minimum atomic E-state index is -0.0915. The van der Waals surface area contributed by atoms with Crippen LogP contribution in [-0.2, 0) is 11.3 Å². The fourth-order valence-electron chi connectivity index (χ4n) is 1.86. The molecule has 0 atom stereocenters. The number of para-hydroxylation sites is 1. The molecule has 5 nitrogen and oxygen atoms in total. The summed E-state index contributed by atoms with van der Waals surface area (Å²) in [5.41, 5.74) is 0.931. The molecule has 0 aromatic heterocycles. The van der Waals surface area contributed by atoms with E-state index in [2.05, 4.69) is 11.9 Å². The number of aliphatic hydroxyl groups excluding tert-OH is 1. The first kappa shape index (κ1) is 16.2. The normalized spacial score (nSPS) is 10.3. The standard InChI is InChI=1S/C15H22N2O3/c1-3-8-17(9-10-18)12-15(19)16-11-13-6-4-5-7-14(13)20-2/h3-7,18H,1,8-12H2,2H3,(H,16,19). The molecule has 1 aromatic rings. The number of amides is 1. The fraction of sp³-hybridized carbons (Fsp3) is 0.400. The molecule has 0 fully saturated rings. The van der Waals surface area contributed by atoms with Crippen molar-refractivity contribution in [3.8, 4) is 5.75 Å². The van der Waals surface area contributed by atoms with Gasteiger partial charge in [0.2, 0.25) is 5.91 Å². The van der Waals surface area contributed by atoms with Crippen molar-refractivity contribution in [1.82, 2.24) is 10.2 Å². The van der Waals surface area contributed by atoms with Crippen LogP contribution in [0.15, 0.2) is 36.9 Å². The molecule has 0 radical (unpaired) electrons. The maximum atomic E-state index is 11.9. The van der Waals surface area contributed by atoms with Crippen molar-refractivity contribution < 1.29 is 14.6 Å². The van der Waals surface area contributed by atoms with E-state index in [9.17, 15) is 4.79 Å². The van der Waals surface area contributed by atoms with Gasteiger partial charge in [-0.25, -0.2) is 0 Å². The fourth-order valence-corrected chi connectivity index (χ4v) is 1.86. The summed E-state index contributed by atoms with van der Waals surface area (Å²) in [4.78, 5) is 13.7. The lowest BCUT2D eigenvalue weighted by Crippen LogP contribution is -2.38. The Morgan fingerprint density at radius 1 is 1.50 bits per heavy atom. The number of nitrogens with one attached hydrogen (secondary N) is 1. The monoisotopic (exact) mass is 278 g/mol. The van der Waals surface area contributed by atoms with Gasteiger partial charge in [0.15, 0.2) is 0 Å². The van der Waals surface area contributed by atoms with Gasteiger partial charge in [-0.2, -0.15) is 0 Å². The molecule has 110 valence electrons. The number of hydrogen-bond acceptors (Lipinski definition) is 4. The van der Waals surface area contributed by atoms with Gasteiger partial charge < -0.3 is 15.2 Å². The third-order valence-corrected chi connectivity index (χ3v) is 2.84. The molecular formula is C15H22N2O3. The first-order valence-electron chi connectivity index (χ1n) is 6.54. The minimum absolute atomic E-state index is 0.0215. The quantitative estimate of drug-likeness (QED) is 0.656. The second-order valence-corrected chi connectivity index (χ2v) is 4.34. The number of methoxy groups -OCH3 is 1. The van der Waals surface area contributed by atoms with Crippen LogP contribution in [0.5, 0.6) is 5.75 Å². The second-order valence-electron chi connectivity index (χ2n) is 4.34. The summed E-state index contributed by atoms with van der Waals surface area (Å²) in [6.45, 7) is 5.34. The molecule has 0 saturated heterocycles. The van der Waals surface area contributed by atoms with Gasteiger partial charge in [-0.3, -0.25) is 9.69 Å². The van der Waals surface area contributed by atoms with E-state index in [0.717, 1.165) is 11.3 Å². The van der Waals surface area contributed by atoms with Gasteiger partial charge in [-0.1, -0.05) is 24.3 Å². The molecular weight excluding hydrogens is 256 g/mol. The lowest BCUT2D eigenvalue weighted by atomic mass is 10.2. The van der Waals surface area contributed by atoms with Crippen molar-refractivity contribution in [2.45, 2.75) is 6.54 Å². The number of ether oxygens (including phenoxy) is 1. The van der Waals surface area contributed by atoms with Gasteiger partial charge >= 0.3 is 0 Å². The van der Waals surface area contributed by atoms with Crippen LogP contribution in [0.1, 0.15) is 5.56 Å². The summed E-state index contributed by atoms with van der Waals surface area (Å²) >= 11 is 0. The topological polar surface area (TPSA) is 61.8 Å². The summed E-state index contributed by atoms with van der Waals surface area (Å²) in [6.07, 6.45) is 1.71. The molecule has 0 aliphatic heterocycles. The van der Waals surface area contributed by atoms with Crippen molar-refractivity contribution in [3.63, 3.8) is 0 Å². The van der Waals surface area contributed by atoms with Crippen LogP contribution in [0.2, 0.25) is 0 Å². The zero-order valence-electron chi connectivity index (χ0n) is 11.8. The molecule has 0 aliphatic rings. The Bertz CT molecular complexity index is 435. The average molecular weight is 278 g/mol. The Morgan fingerprint density at radius 3 is 2.90 bits per heavy atom. The molecule has 0 spiro atoms. The first-order valence-corrected chi connectivity index (χ1v) is 6.54. The first-order chi connectivity index (χ1) is 9.71. The summed E-state index contributed by atoms with van der Waals surface area (Å²) in [5, 5.41) is 11.8. The van der Waals surface area contributed by atoms with Crippen molar-refractivity contribution in [2.75, 3.05) is 33.4 Å². The number of carbonyl (C=O) groups excluding carboxylic acids is 1. The van der Waals surface area contributed by atoms with Gasteiger partial charge in [-0.05, 0) is 6.07 Å². The van der Waals surface area contributed by atoms with Gasteiger partial charge in [0, 0.05) is 25.2 Å². The van der Waals surface area contributed by atoms with Crippen molar-refractivity contribution in [3.05, 3.63) is 42.5 Å². The molecule has 1 rings (SSSR count).